The Balaban J connectivity index is 0.000000445. The molecule has 8 nitrogen and oxygen atoms in total. The number of nitrogens with zero attached hydrogens (tertiary/aromatic N) is 3. The molecule has 1 aromatic carbocycles. The first-order valence-electron chi connectivity index (χ1n) is 7.60. The van der Waals surface area contributed by atoms with E-state index < -0.39 is 12.1 Å². The molecule has 0 aliphatic heterocycles. The second-order valence-corrected chi connectivity index (χ2v) is 5.74. The summed E-state index contributed by atoms with van der Waals surface area (Å²) in [7, 11) is 4.05. The van der Waals surface area contributed by atoms with Crippen molar-refractivity contribution in [2.24, 2.45) is 0 Å². The predicted molar refractivity (Wildman–Crippen MR) is 87.7 cm³/mol. The number of halogens is 3. The molecule has 1 heterocycles. The third-order valence-electron chi connectivity index (χ3n) is 3.05. The molecule has 0 spiro atoms. The fourth-order valence-corrected chi connectivity index (χ4v) is 1.91. The quantitative estimate of drug-likeness (QED) is 0.806. The molecule has 2 N–H and O–H groups in total. The van der Waals surface area contributed by atoms with Gasteiger partial charge in [0.05, 0.1) is 0 Å². The summed E-state index contributed by atoms with van der Waals surface area (Å²) >= 11 is 0. The maximum Gasteiger partial charge on any atom is 0.490 e. The maximum atomic E-state index is 11.9. The minimum atomic E-state index is -5.08. The largest absolute Gasteiger partial charge is 0.490 e. The van der Waals surface area contributed by atoms with Crippen LogP contribution in [-0.2, 0) is 17.9 Å². The lowest BCUT2D eigenvalue weighted by atomic mass is 10.1. The second-order valence-electron chi connectivity index (χ2n) is 5.74. The zero-order valence-corrected chi connectivity index (χ0v) is 14.9. The number of amides is 1. The fourth-order valence-electron chi connectivity index (χ4n) is 1.91. The Kier molecular flexibility index (Phi) is 7.91. The van der Waals surface area contributed by atoms with Gasteiger partial charge in [-0.1, -0.05) is 29.4 Å². The zero-order valence-electron chi connectivity index (χ0n) is 14.9. The van der Waals surface area contributed by atoms with Gasteiger partial charge in [0.15, 0.2) is 5.69 Å². The highest BCUT2D eigenvalue weighted by molar-refractivity contribution is 5.92. The number of aromatic nitrogens is 2. The van der Waals surface area contributed by atoms with Crippen LogP contribution in [0, 0.1) is 6.92 Å². The molecule has 0 atom stereocenters. The average molecular weight is 388 g/mol. The van der Waals surface area contributed by atoms with Crippen molar-refractivity contribution in [1.82, 2.24) is 20.5 Å². The number of carboxylic acid groups (broad SMARTS) is 1. The van der Waals surface area contributed by atoms with Crippen molar-refractivity contribution in [3.63, 3.8) is 0 Å². The molecule has 1 amide bonds. The van der Waals surface area contributed by atoms with Gasteiger partial charge < -0.3 is 15.3 Å². The topological polar surface area (TPSA) is 109 Å². The Labute approximate surface area is 152 Å². The van der Waals surface area contributed by atoms with Gasteiger partial charge in [0, 0.05) is 13.1 Å². The number of carbonyl (C=O) groups is 2. The second kappa shape index (κ2) is 9.67. The van der Waals surface area contributed by atoms with Crippen LogP contribution >= 0.6 is 0 Å². The van der Waals surface area contributed by atoms with Gasteiger partial charge in [0.2, 0.25) is 0 Å². The van der Waals surface area contributed by atoms with Gasteiger partial charge in [0.25, 0.3) is 5.91 Å². The number of carbonyl (C=O) groups excluding carboxylic acids is 1. The van der Waals surface area contributed by atoms with E-state index in [1.54, 1.807) is 6.92 Å². The zero-order chi connectivity index (χ0) is 20.6. The van der Waals surface area contributed by atoms with Gasteiger partial charge in [-0.3, -0.25) is 4.79 Å². The van der Waals surface area contributed by atoms with Gasteiger partial charge in [-0.2, -0.15) is 13.2 Å². The van der Waals surface area contributed by atoms with Crippen LogP contribution in [0.15, 0.2) is 28.9 Å². The lowest BCUT2D eigenvalue weighted by molar-refractivity contribution is -0.192. The van der Waals surface area contributed by atoms with E-state index in [2.05, 4.69) is 37.3 Å². The SMILES string of the molecule is Cc1nonc1C(=O)NCc1cccc(CN(C)C)c1.O=C(O)C(F)(F)F. The van der Waals surface area contributed by atoms with Crippen LogP contribution in [-0.4, -0.2) is 52.5 Å². The number of carboxylic acids is 1. The molecule has 0 radical (unpaired) electrons. The van der Waals surface area contributed by atoms with Gasteiger partial charge in [-0.05, 0) is 37.3 Å². The minimum Gasteiger partial charge on any atom is -0.475 e. The first kappa shape index (κ1) is 22.1. The summed E-state index contributed by atoms with van der Waals surface area (Å²) in [5, 5.41) is 17.1. The van der Waals surface area contributed by atoms with Crippen molar-refractivity contribution in [2.45, 2.75) is 26.2 Å². The summed E-state index contributed by atoms with van der Waals surface area (Å²) in [5.74, 6) is -3.03. The van der Waals surface area contributed by atoms with Crippen LogP contribution in [0.3, 0.4) is 0 Å². The van der Waals surface area contributed by atoms with E-state index in [0.717, 1.165) is 12.1 Å². The van der Waals surface area contributed by atoms with E-state index in [1.165, 1.54) is 5.56 Å². The summed E-state index contributed by atoms with van der Waals surface area (Å²) in [6, 6.07) is 8.11. The highest BCUT2D eigenvalue weighted by atomic mass is 19.4. The van der Waals surface area contributed by atoms with Crippen LogP contribution in [0.2, 0.25) is 0 Å². The van der Waals surface area contributed by atoms with Crippen LogP contribution in [0.4, 0.5) is 13.2 Å². The first-order chi connectivity index (χ1) is 12.5. The third-order valence-corrected chi connectivity index (χ3v) is 3.05. The molecule has 2 rings (SSSR count). The number of rotatable bonds is 5. The Morgan fingerprint density at radius 2 is 1.81 bits per heavy atom. The van der Waals surface area contributed by atoms with Crippen LogP contribution < -0.4 is 5.32 Å². The van der Waals surface area contributed by atoms with Crippen molar-refractivity contribution in [3.05, 3.63) is 46.8 Å². The van der Waals surface area contributed by atoms with Crippen molar-refractivity contribution >= 4 is 11.9 Å². The molecule has 27 heavy (non-hydrogen) atoms. The summed E-state index contributed by atoms with van der Waals surface area (Å²) in [4.78, 5) is 22.9. The average Bonchev–Trinajstić information content (AvgIpc) is 2.98. The molecule has 0 bridgehead atoms. The number of benzene rings is 1. The summed E-state index contributed by atoms with van der Waals surface area (Å²) in [6.45, 7) is 3.00. The molecule has 2 aromatic rings. The lowest BCUT2D eigenvalue weighted by Gasteiger charge is -2.11. The summed E-state index contributed by atoms with van der Waals surface area (Å²) < 4.78 is 36.3. The number of alkyl halides is 3. The molecule has 11 heteroatoms. The van der Waals surface area contributed by atoms with Crippen molar-refractivity contribution in [2.75, 3.05) is 14.1 Å². The van der Waals surface area contributed by atoms with E-state index in [4.69, 9.17) is 9.90 Å². The van der Waals surface area contributed by atoms with Gasteiger partial charge in [-0.15, -0.1) is 0 Å². The van der Waals surface area contributed by atoms with Crippen LogP contribution in [0.5, 0.6) is 0 Å². The molecule has 0 fully saturated rings. The number of aliphatic carboxylic acids is 1. The van der Waals surface area contributed by atoms with Crippen LogP contribution in [0.1, 0.15) is 27.3 Å². The Morgan fingerprint density at radius 1 is 1.22 bits per heavy atom. The van der Waals surface area contributed by atoms with E-state index in [-0.39, 0.29) is 11.6 Å². The molecule has 0 aliphatic rings. The monoisotopic (exact) mass is 388 g/mol. The highest BCUT2D eigenvalue weighted by Crippen LogP contribution is 2.13. The minimum absolute atomic E-state index is 0.231. The molecule has 1 aromatic heterocycles. The van der Waals surface area contributed by atoms with Gasteiger partial charge >= 0.3 is 12.1 Å². The molecule has 0 saturated carbocycles. The van der Waals surface area contributed by atoms with E-state index >= 15 is 0 Å². The fraction of sp³-hybridized carbons (Fsp3) is 0.375. The number of nitrogens with one attached hydrogen (secondary N) is 1. The third kappa shape index (κ3) is 7.86. The number of hydrogen-bond donors (Lipinski definition) is 2. The molecule has 0 aliphatic carbocycles. The standard InChI is InChI=1S/C14H18N4O2.C2HF3O2/c1-10-13(17-20-16-10)14(19)15-8-11-5-4-6-12(7-11)9-18(2)3;3-2(4,5)1(6)7/h4-7H,8-9H2,1-3H3,(H,15,19);(H,6,7). The highest BCUT2D eigenvalue weighted by Gasteiger charge is 2.38. The predicted octanol–water partition coefficient (Wildman–Crippen LogP) is 2.00. The summed E-state index contributed by atoms with van der Waals surface area (Å²) in [6.07, 6.45) is -5.08. The van der Waals surface area contributed by atoms with Gasteiger partial charge in [0.1, 0.15) is 5.69 Å². The van der Waals surface area contributed by atoms with E-state index in [1.807, 2.05) is 26.2 Å². The summed E-state index contributed by atoms with van der Waals surface area (Å²) in [5.41, 5.74) is 2.98. The van der Waals surface area contributed by atoms with Crippen LogP contribution in [0.25, 0.3) is 0 Å². The van der Waals surface area contributed by atoms with Crippen molar-refractivity contribution < 1.29 is 32.5 Å². The Hall–Kier alpha value is -2.95. The molecular formula is C16H19F3N4O4. The number of aryl methyl sites for hydroxylation is 1. The smallest absolute Gasteiger partial charge is 0.475 e. The molecule has 148 valence electrons. The van der Waals surface area contributed by atoms with Crippen molar-refractivity contribution in [1.29, 1.82) is 0 Å². The first-order valence-corrected chi connectivity index (χ1v) is 7.60. The van der Waals surface area contributed by atoms with Crippen molar-refractivity contribution in [3.8, 4) is 0 Å². The number of hydrogen-bond acceptors (Lipinski definition) is 6. The molecular weight excluding hydrogens is 369 g/mol. The van der Waals surface area contributed by atoms with E-state index in [0.29, 0.717) is 12.2 Å². The Bertz CT molecular complexity index is 775. The van der Waals surface area contributed by atoms with Gasteiger partial charge in [-0.25, -0.2) is 9.42 Å². The molecule has 0 saturated heterocycles. The van der Waals surface area contributed by atoms with E-state index in [9.17, 15) is 18.0 Å². The normalized spacial score (nSPS) is 10.9. The molecule has 0 unspecified atom stereocenters. The lowest BCUT2D eigenvalue weighted by Crippen LogP contribution is -2.24. The maximum absolute atomic E-state index is 11.9. The Morgan fingerprint density at radius 3 is 2.30 bits per heavy atom.